The van der Waals surface area contributed by atoms with Gasteiger partial charge in [0.1, 0.15) is 12.5 Å². The van der Waals surface area contributed by atoms with Gasteiger partial charge in [-0.15, -0.1) is 0 Å². The Bertz CT molecular complexity index is 1970. The Morgan fingerprint density at radius 2 is 0.750 bits per heavy atom. The van der Waals surface area contributed by atoms with Gasteiger partial charge in [0.25, 0.3) is 0 Å². The zero-order valence-electron chi connectivity index (χ0n) is 21.4. The van der Waals surface area contributed by atoms with Gasteiger partial charge in [0.05, 0.1) is 12.4 Å². The van der Waals surface area contributed by atoms with E-state index in [1.807, 2.05) is 0 Å². The van der Waals surface area contributed by atoms with Crippen molar-refractivity contribution >= 4 is 32.3 Å². The molecular formula is C36H22N2O2. The molecule has 0 atom stereocenters. The minimum atomic E-state index is 0.627. The lowest BCUT2D eigenvalue weighted by Crippen LogP contribution is -1.89. The van der Waals surface area contributed by atoms with E-state index in [-0.39, 0.29) is 0 Å². The molecule has 188 valence electrons. The van der Waals surface area contributed by atoms with Crippen molar-refractivity contribution < 1.29 is 8.83 Å². The van der Waals surface area contributed by atoms with Crippen molar-refractivity contribution in [2.75, 3.05) is 0 Å². The van der Waals surface area contributed by atoms with Crippen LogP contribution in [-0.4, -0.2) is 9.97 Å². The molecule has 6 aromatic carbocycles. The van der Waals surface area contributed by atoms with Gasteiger partial charge >= 0.3 is 0 Å². The highest BCUT2D eigenvalue weighted by atomic mass is 16.3. The van der Waals surface area contributed by atoms with Crippen LogP contribution in [0.4, 0.5) is 0 Å². The van der Waals surface area contributed by atoms with Gasteiger partial charge in [0.2, 0.25) is 11.8 Å². The standard InChI is InChI=1S/C36H22N2O2/c1-3-7-29-27(5-1)31(23-9-13-25(14-10-23)35-37-17-19-39-35)21-34-30-8-4-2-6-28(30)32(22-33(29)34)24-11-15-26(16-12-24)36-38-18-20-40-36/h1-22H. The summed E-state index contributed by atoms with van der Waals surface area (Å²) in [6.45, 7) is 0. The number of hydrogen-bond acceptors (Lipinski definition) is 4. The minimum Gasteiger partial charge on any atom is -0.445 e. The number of oxazole rings is 2. The normalized spacial score (nSPS) is 11.5. The summed E-state index contributed by atoms with van der Waals surface area (Å²) in [4.78, 5) is 8.58. The smallest absolute Gasteiger partial charge is 0.225 e. The van der Waals surface area contributed by atoms with Crippen molar-refractivity contribution in [3.63, 3.8) is 0 Å². The second-order valence-electron chi connectivity index (χ2n) is 9.86. The summed E-state index contributed by atoms with van der Waals surface area (Å²) in [7, 11) is 0. The average molecular weight is 515 g/mol. The first-order valence-corrected chi connectivity index (χ1v) is 13.2. The molecule has 0 amide bonds. The number of aromatic nitrogens is 2. The van der Waals surface area contributed by atoms with E-state index >= 15 is 0 Å². The maximum absolute atomic E-state index is 5.50. The summed E-state index contributed by atoms with van der Waals surface area (Å²) in [5.74, 6) is 1.25. The van der Waals surface area contributed by atoms with Crippen molar-refractivity contribution in [2.45, 2.75) is 0 Å². The number of hydrogen-bond donors (Lipinski definition) is 0. The highest BCUT2D eigenvalue weighted by molar-refractivity contribution is 6.23. The molecule has 2 heterocycles. The molecule has 8 rings (SSSR count). The summed E-state index contributed by atoms with van der Waals surface area (Å²) in [6, 6.07) is 38.9. The van der Waals surface area contributed by atoms with Crippen LogP contribution in [0.15, 0.2) is 143 Å². The molecule has 0 aliphatic heterocycles. The summed E-state index contributed by atoms with van der Waals surface area (Å²) in [5, 5.41) is 7.38. The Kier molecular flexibility index (Phi) is 5.10. The molecule has 0 unspecified atom stereocenters. The Balaban J connectivity index is 1.35. The summed E-state index contributed by atoms with van der Waals surface area (Å²) in [6.07, 6.45) is 6.54. The summed E-state index contributed by atoms with van der Waals surface area (Å²) >= 11 is 0. The van der Waals surface area contributed by atoms with Gasteiger partial charge in [-0.05, 0) is 91.0 Å². The lowest BCUT2D eigenvalue weighted by Gasteiger charge is -2.16. The molecule has 2 aromatic heterocycles. The third-order valence-corrected chi connectivity index (χ3v) is 7.63. The molecule has 0 saturated carbocycles. The highest BCUT2D eigenvalue weighted by Crippen LogP contribution is 2.42. The van der Waals surface area contributed by atoms with Crippen LogP contribution in [0.1, 0.15) is 0 Å². The van der Waals surface area contributed by atoms with Crippen molar-refractivity contribution in [1.82, 2.24) is 9.97 Å². The average Bonchev–Trinajstić information content (AvgIpc) is 3.76. The van der Waals surface area contributed by atoms with Crippen LogP contribution >= 0.6 is 0 Å². The molecule has 0 N–H and O–H groups in total. The van der Waals surface area contributed by atoms with E-state index in [0.29, 0.717) is 11.8 Å². The third-order valence-electron chi connectivity index (χ3n) is 7.63. The Hall–Kier alpha value is -5.48. The van der Waals surface area contributed by atoms with Gasteiger partial charge < -0.3 is 8.83 Å². The topological polar surface area (TPSA) is 52.1 Å². The van der Waals surface area contributed by atoms with Gasteiger partial charge in [-0.25, -0.2) is 9.97 Å². The predicted molar refractivity (Wildman–Crippen MR) is 161 cm³/mol. The molecule has 0 radical (unpaired) electrons. The van der Waals surface area contributed by atoms with Crippen molar-refractivity contribution in [1.29, 1.82) is 0 Å². The first-order chi connectivity index (χ1) is 19.8. The van der Waals surface area contributed by atoms with E-state index in [4.69, 9.17) is 8.83 Å². The maximum atomic E-state index is 5.50. The quantitative estimate of drug-likeness (QED) is 0.219. The summed E-state index contributed by atoms with van der Waals surface area (Å²) in [5.41, 5.74) is 6.64. The molecule has 8 aromatic rings. The van der Waals surface area contributed by atoms with E-state index in [1.54, 1.807) is 24.9 Å². The molecule has 0 bridgehead atoms. The number of nitrogens with zero attached hydrogens (tertiary/aromatic N) is 2. The number of rotatable bonds is 4. The van der Waals surface area contributed by atoms with Gasteiger partial charge in [-0.1, -0.05) is 72.8 Å². The minimum absolute atomic E-state index is 0.627. The Morgan fingerprint density at radius 1 is 0.375 bits per heavy atom. The van der Waals surface area contributed by atoms with Crippen LogP contribution < -0.4 is 0 Å². The third kappa shape index (κ3) is 3.62. The lowest BCUT2D eigenvalue weighted by atomic mass is 9.87. The van der Waals surface area contributed by atoms with E-state index in [0.717, 1.165) is 22.3 Å². The van der Waals surface area contributed by atoms with E-state index in [2.05, 4.69) is 119 Å². The molecule has 0 aliphatic carbocycles. The van der Waals surface area contributed by atoms with Crippen molar-refractivity contribution in [3.8, 4) is 45.2 Å². The molecule has 4 heteroatoms. The fourth-order valence-electron chi connectivity index (χ4n) is 5.75. The van der Waals surface area contributed by atoms with Crippen LogP contribution in [0.2, 0.25) is 0 Å². The Labute approximate surface area is 230 Å². The zero-order chi connectivity index (χ0) is 26.5. The monoisotopic (exact) mass is 514 g/mol. The molecule has 0 saturated heterocycles. The molecule has 0 aliphatic rings. The zero-order valence-corrected chi connectivity index (χ0v) is 21.4. The van der Waals surface area contributed by atoms with Gasteiger partial charge in [0.15, 0.2) is 0 Å². The molecular weight excluding hydrogens is 492 g/mol. The molecule has 40 heavy (non-hydrogen) atoms. The number of fused-ring (bicyclic) bond motifs is 5. The maximum Gasteiger partial charge on any atom is 0.225 e. The van der Waals surface area contributed by atoms with Crippen LogP contribution in [0.3, 0.4) is 0 Å². The molecule has 4 nitrogen and oxygen atoms in total. The lowest BCUT2D eigenvalue weighted by molar-refractivity contribution is 0.574. The van der Waals surface area contributed by atoms with E-state index < -0.39 is 0 Å². The van der Waals surface area contributed by atoms with Gasteiger partial charge in [0, 0.05) is 11.1 Å². The van der Waals surface area contributed by atoms with Gasteiger partial charge in [-0.2, -0.15) is 0 Å². The number of benzene rings is 6. The van der Waals surface area contributed by atoms with Gasteiger partial charge in [-0.3, -0.25) is 0 Å². The highest BCUT2D eigenvalue weighted by Gasteiger charge is 2.15. The van der Waals surface area contributed by atoms with Crippen molar-refractivity contribution in [2.24, 2.45) is 0 Å². The summed E-state index contributed by atoms with van der Waals surface area (Å²) < 4.78 is 11.0. The van der Waals surface area contributed by atoms with E-state index in [9.17, 15) is 0 Å². The van der Waals surface area contributed by atoms with Crippen molar-refractivity contribution in [3.05, 3.63) is 134 Å². The van der Waals surface area contributed by atoms with Crippen LogP contribution in [0, 0.1) is 0 Å². The predicted octanol–water partition coefficient (Wildman–Crippen LogP) is 9.79. The second kappa shape index (κ2) is 9.07. The molecule has 0 spiro atoms. The SMILES string of the molecule is c1ccc2c(c1)c(-c1ccc(-c3ncco3)cc1)cc1c3ccccc3c(-c3ccc(-c4ncco4)cc3)cc21. The van der Waals surface area contributed by atoms with Crippen LogP contribution in [0.25, 0.3) is 77.5 Å². The van der Waals surface area contributed by atoms with E-state index in [1.165, 1.54) is 43.4 Å². The van der Waals surface area contributed by atoms with Crippen LogP contribution in [0.5, 0.6) is 0 Å². The second-order valence-corrected chi connectivity index (χ2v) is 9.86. The largest absolute Gasteiger partial charge is 0.445 e. The Morgan fingerprint density at radius 3 is 1.12 bits per heavy atom. The first-order valence-electron chi connectivity index (χ1n) is 13.2. The molecule has 0 fully saturated rings. The fourth-order valence-corrected chi connectivity index (χ4v) is 5.75. The van der Waals surface area contributed by atoms with Crippen LogP contribution in [-0.2, 0) is 0 Å². The first kappa shape index (κ1) is 22.5. The fraction of sp³-hybridized carbons (Fsp3) is 0.